The van der Waals surface area contributed by atoms with Crippen molar-refractivity contribution < 1.29 is 0 Å². The first-order chi connectivity index (χ1) is 10.1. The van der Waals surface area contributed by atoms with Gasteiger partial charge in [0.05, 0.1) is 35.5 Å². The zero-order valence-electron chi connectivity index (χ0n) is 13.4. The molecule has 2 heterocycles. The molecule has 114 valence electrons. The Hall–Kier alpha value is -1.78. The molecule has 0 bridgehead atoms. The molecule has 1 saturated carbocycles. The lowest BCUT2D eigenvalue weighted by Crippen LogP contribution is -2.11. The summed E-state index contributed by atoms with van der Waals surface area (Å²) in [4.78, 5) is 0. The third kappa shape index (κ3) is 2.82. The van der Waals surface area contributed by atoms with Crippen molar-refractivity contribution >= 4 is 5.69 Å². The van der Waals surface area contributed by atoms with Crippen molar-refractivity contribution in [2.75, 3.05) is 5.32 Å². The van der Waals surface area contributed by atoms with Crippen LogP contribution in [-0.2, 0) is 13.1 Å². The molecule has 3 rings (SSSR count). The van der Waals surface area contributed by atoms with Gasteiger partial charge in [-0.25, -0.2) is 0 Å². The third-order valence-electron chi connectivity index (χ3n) is 4.18. The molecule has 0 radical (unpaired) electrons. The molecule has 0 aromatic carbocycles. The van der Waals surface area contributed by atoms with Crippen LogP contribution in [-0.4, -0.2) is 19.6 Å². The number of anilines is 1. The first-order valence-corrected chi connectivity index (χ1v) is 7.94. The molecule has 5 heteroatoms. The average molecular weight is 287 g/mol. The number of aryl methyl sites for hydroxylation is 1. The molecule has 0 aliphatic heterocycles. The summed E-state index contributed by atoms with van der Waals surface area (Å²) < 4.78 is 4.16. The molecular formula is C16H25N5. The Bertz CT molecular complexity index is 619. The maximum atomic E-state index is 4.78. The van der Waals surface area contributed by atoms with Gasteiger partial charge in [0.2, 0.25) is 0 Å². The van der Waals surface area contributed by atoms with Gasteiger partial charge >= 0.3 is 0 Å². The molecule has 0 atom stereocenters. The van der Waals surface area contributed by atoms with Crippen LogP contribution in [0.4, 0.5) is 5.69 Å². The van der Waals surface area contributed by atoms with Crippen LogP contribution in [0.15, 0.2) is 12.3 Å². The lowest BCUT2D eigenvalue weighted by molar-refractivity contribution is 0.507. The number of rotatable bonds is 6. The Balaban J connectivity index is 1.76. The topological polar surface area (TPSA) is 47.7 Å². The molecule has 0 unspecified atom stereocenters. The molecule has 1 N–H and O–H groups in total. The van der Waals surface area contributed by atoms with Crippen molar-refractivity contribution in [3.63, 3.8) is 0 Å². The minimum atomic E-state index is 0.397. The highest BCUT2D eigenvalue weighted by molar-refractivity contribution is 5.46. The van der Waals surface area contributed by atoms with E-state index in [2.05, 4.69) is 48.9 Å². The molecular weight excluding hydrogens is 262 g/mol. The second-order valence-corrected chi connectivity index (χ2v) is 6.19. The molecule has 2 aromatic heterocycles. The quantitative estimate of drug-likeness (QED) is 0.885. The largest absolute Gasteiger partial charge is 0.377 e. The summed E-state index contributed by atoms with van der Waals surface area (Å²) in [6.07, 6.45) is 4.51. The lowest BCUT2D eigenvalue weighted by Gasteiger charge is -2.12. The summed E-state index contributed by atoms with van der Waals surface area (Å²) in [5.41, 5.74) is 4.83. The van der Waals surface area contributed by atoms with E-state index in [0.29, 0.717) is 12.0 Å². The van der Waals surface area contributed by atoms with Gasteiger partial charge in [0.25, 0.3) is 0 Å². The predicted molar refractivity (Wildman–Crippen MR) is 84.6 cm³/mol. The SMILES string of the molecule is CCn1ncc(NCc2cc(C3CC3)nn2C(C)C)c1C. The van der Waals surface area contributed by atoms with E-state index in [1.807, 2.05) is 10.9 Å². The van der Waals surface area contributed by atoms with Crippen LogP contribution in [0.3, 0.4) is 0 Å². The lowest BCUT2D eigenvalue weighted by atomic mass is 10.2. The maximum absolute atomic E-state index is 4.78. The molecule has 0 spiro atoms. The van der Waals surface area contributed by atoms with E-state index in [-0.39, 0.29) is 0 Å². The highest BCUT2D eigenvalue weighted by Crippen LogP contribution is 2.39. The van der Waals surface area contributed by atoms with Gasteiger partial charge in [-0.1, -0.05) is 0 Å². The van der Waals surface area contributed by atoms with Gasteiger partial charge in [-0.2, -0.15) is 10.2 Å². The molecule has 1 aliphatic rings. The number of nitrogens with zero attached hydrogens (tertiary/aromatic N) is 4. The van der Waals surface area contributed by atoms with Crippen LogP contribution >= 0.6 is 0 Å². The number of hydrogen-bond acceptors (Lipinski definition) is 3. The second-order valence-electron chi connectivity index (χ2n) is 6.19. The van der Waals surface area contributed by atoms with Crippen LogP contribution in [0.5, 0.6) is 0 Å². The van der Waals surface area contributed by atoms with E-state index < -0.39 is 0 Å². The van der Waals surface area contributed by atoms with E-state index in [1.165, 1.54) is 29.9 Å². The van der Waals surface area contributed by atoms with Crippen molar-refractivity contribution in [2.24, 2.45) is 0 Å². The van der Waals surface area contributed by atoms with Crippen molar-refractivity contribution in [2.45, 2.75) is 65.6 Å². The Kier molecular flexibility index (Phi) is 3.74. The van der Waals surface area contributed by atoms with Gasteiger partial charge in [-0.3, -0.25) is 9.36 Å². The first kappa shape index (κ1) is 14.2. The normalized spacial score (nSPS) is 14.9. The summed E-state index contributed by atoms with van der Waals surface area (Å²) in [5.74, 6) is 0.702. The molecule has 21 heavy (non-hydrogen) atoms. The number of aromatic nitrogens is 4. The summed E-state index contributed by atoms with van der Waals surface area (Å²) >= 11 is 0. The predicted octanol–water partition coefficient (Wildman–Crippen LogP) is 3.48. The molecule has 0 amide bonds. The van der Waals surface area contributed by atoms with Gasteiger partial charge in [0.1, 0.15) is 0 Å². The average Bonchev–Trinajstić information content (AvgIpc) is 3.12. The zero-order chi connectivity index (χ0) is 15.0. The van der Waals surface area contributed by atoms with Gasteiger partial charge in [0, 0.05) is 18.5 Å². The standard InChI is InChI=1S/C16H25N5/c1-5-20-12(4)16(10-18-20)17-9-14-8-15(13-6-7-13)19-21(14)11(2)3/h8,10-11,13,17H,5-7,9H2,1-4H3. The number of nitrogens with one attached hydrogen (secondary N) is 1. The molecule has 5 nitrogen and oxygen atoms in total. The van der Waals surface area contributed by atoms with Crippen LogP contribution < -0.4 is 5.32 Å². The van der Waals surface area contributed by atoms with Crippen molar-refractivity contribution in [3.8, 4) is 0 Å². The van der Waals surface area contributed by atoms with Crippen molar-refractivity contribution in [1.82, 2.24) is 19.6 Å². The Labute approximate surface area is 126 Å². The van der Waals surface area contributed by atoms with Crippen molar-refractivity contribution in [3.05, 3.63) is 29.3 Å². The van der Waals surface area contributed by atoms with Crippen LogP contribution in [0.2, 0.25) is 0 Å². The molecule has 1 aliphatic carbocycles. The fraction of sp³-hybridized carbons (Fsp3) is 0.625. The highest BCUT2D eigenvalue weighted by atomic mass is 15.3. The number of hydrogen-bond donors (Lipinski definition) is 1. The van der Waals surface area contributed by atoms with Gasteiger partial charge in [-0.05, 0) is 46.6 Å². The molecule has 2 aromatic rings. The molecule has 1 fully saturated rings. The third-order valence-corrected chi connectivity index (χ3v) is 4.18. The van der Waals surface area contributed by atoms with Gasteiger partial charge in [-0.15, -0.1) is 0 Å². The minimum absolute atomic E-state index is 0.397. The van der Waals surface area contributed by atoms with Crippen LogP contribution in [0, 0.1) is 6.92 Å². The van der Waals surface area contributed by atoms with E-state index >= 15 is 0 Å². The second kappa shape index (κ2) is 5.54. The van der Waals surface area contributed by atoms with Gasteiger partial charge < -0.3 is 5.32 Å². The zero-order valence-corrected chi connectivity index (χ0v) is 13.4. The molecule has 0 saturated heterocycles. The summed E-state index contributed by atoms with van der Waals surface area (Å²) in [6.45, 7) is 10.3. The van der Waals surface area contributed by atoms with Gasteiger partial charge in [0.15, 0.2) is 0 Å². The highest BCUT2D eigenvalue weighted by Gasteiger charge is 2.27. The fourth-order valence-corrected chi connectivity index (χ4v) is 2.74. The van der Waals surface area contributed by atoms with E-state index in [0.717, 1.165) is 18.8 Å². The minimum Gasteiger partial charge on any atom is -0.377 e. The van der Waals surface area contributed by atoms with E-state index in [9.17, 15) is 0 Å². The summed E-state index contributed by atoms with van der Waals surface area (Å²) in [5, 5.41) is 12.7. The Morgan fingerprint density at radius 1 is 1.38 bits per heavy atom. The summed E-state index contributed by atoms with van der Waals surface area (Å²) in [6, 6.07) is 2.67. The van der Waals surface area contributed by atoms with E-state index in [4.69, 9.17) is 5.10 Å². The van der Waals surface area contributed by atoms with E-state index in [1.54, 1.807) is 0 Å². The first-order valence-electron chi connectivity index (χ1n) is 7.94. The van der Waals surface area contributed by atoms with Crippen LogP contribution in [0.25, 0.3) is 0 Å². The smallest absolute Gasteiger partial charge is 0.0759 e. The summed E-state index contributed by atoms with van der Waals surface area (Å²) in [7, 11) is 0. The Morgan fingerprint density at radius 3 is 2.71 bits per heavy atom. The Morgan fingerprint density at radius 2 is 2.14 bits per heavy atom. The van der Waals surface area contributed by atoms with Crippen LogP contribution in [0.1, 0.15) is 62.7 Å². The fourth-order valence-electron chi connectivity index (χ4n) is 2.74. The van der Waals surface area contributed by atoms with Crippen molar-refractivity contribution in [1.29, 1.82) is 0 Å². The monoisotopic (exact) mass is 287 g/mol. The maximum Gasteiger partial charge on any atom is 0.0759 e.